The lowest BCUT2D eigenvalue weighted by Crippen LogP contribution is -2.33. The first-order valence-electron chi connectivity index (χ1n) is 6.44. The Balaban J connectivity index is 1.79. The molecule has 0 radical (unpaired) electrons. The van der Waals surface area contributed by atoms with Crippen molar-refractivity contribution in [2.24, 2.45) is 0 Å². The molecule has 0 spiro atoms. The molecule has 1 N–H and O–H groups in total. The third-order valence-corrected chi connectivity index (χ3v) is 4.32. The minimum Gasteiger partial charge on any atom is -0.312 e. The van der Waals surface area contributed by atoms with Gasteiger partial charge < -0.3 is 10.2 Å². The number of hydrogen-bond acceptors (Lipinski definition) is 2. The fourth-order valence-corrected chi connectivity index (χ4v) is 2.98. The van der Waals surface area contributed by atoms with E-state index >= 15 is 0 Å². The van der Waals surface area contributed by atoms with E-state index in [0.29, 0.717) is 17.1 Å². The molecule has 0 aromatic heterocycles. The largest absolute Gasteiger partial charge is 0.312 e. The molecular formula is C14H20Cl2N2. The maximum Gasteiger partial charge on any atom is 0.0453 e. The van der Waals surface area contributed by atoms with Crippen molar-refractivity contribution in [3.05, 3.63) is 33.8 Å². The van der Waals surface area contributed by atoms with Gasteiger partial charge in [-0.3, -0.25) is 0 Å². The average Bonchev–Trinajstić information content (AvgIpc) is 2.61. The molecule has 1 heterocycles. The molecule has 4 heteroatoms. The summed E-state index contributed by atoms with van der Waals surface area (Å²) in [7, 11) is 2.18. The summed E-state index contributed by atoms with van der Waals surface area (Å²) in [4.78, 5) is 2.40. The monoisotopic (exact) mass is 286 g/mol. The Hall–Kier alpha value is -0.280. The highest BCUT2D eigenvalue weighted by molar-refractivity contribution is 6.35. The van der Waals surface area contributed by atoms with Crippen molar-refractivity contribution in [2.75, 3.05) is 20.1 Å². The van der Waals surface area contributed by atoms with Crippen molar-refractivity contribution in [3.8, 4) is 0 Å². The third kappa shape index (κ3) is 3.61. The molecule has 100 valence electrons. The van der Waals surface area contributed by atoms with Crippen LogP contribution in [0.25, 0.3) is 0 Å². The lowest BCUT2D eigenvalue weighted by atomic mass is 10.1. The van der Waals surface area contributed by atoms with Crippen LogP contribution in [0.2, 0.25) is 10.0 Å². The number of likely N-dealkylation sites (tertiary alicyclic amines) is 1. The minimum absolute atomic E-state index is 0.607. The molecule has 0 amide bonds. The van der Waals surface area contributed by atoms with Gasteiger partial charge in [0.25, 0.3) is 0 Å². The Morgan fingerprint density at radius 1 is 1.39 bits per heavy atom. The van der Waals surface area contributed by atoms with Gasteiger partial charge in [-0.1, -0.05) is 29.3 Å². The van der Waals surface area contributed by atoms with E-state index in [-0.39, 0.29) is 0 Å². The van der Waals surface area contributed by atoms with Crippen molar-refractivity contribution in [3.63, 3.8) is 0 Å². The van der Waals surface area contributed by atoms with Crippen LogP contribution in [0.5, 0.6) is 0 Å². The zero-order valence-corrected chi connectivity index (χ0v) is 12.4. The van der Waals surface area contributed by atoms with E-state index in [0.717, 1.165) is 30.1 Å². The molecule has 0 saturated carbocycles. The Bertz CT molecular complexity index is 399. The van der Waals surface area contributed by atoms with E-state index in [1.807, 2.05) is 18.2 Å². The highest BCUT2D eigenvalue weighted by atomic mass is 35.5. The summed E-state index contributed by atoms with van der Waals surface area (Å²) >= 11 is 12.0. The van der Waals surface area contributed by atoms with Gasteiger partial charge in [-0.2, -0.15) is 0 Å². The van der Waals surface area contributed by atoms with Crippen molar-refractivity contribution < 1.29 is 0 Å². The molecule has 1 aliphatic rings. The predicted octanol–water partition coefficient (Wildman–Crippen LogP) is 3.22. The molecule has 18 heavy (non-hydrogen) atoms. The standard InChI is InChI=1S/C14H20Cl2N2/c1-10-7-13(9-18(10)2)17-6-5-11-3-4-12(15)8-14(11)16/h3-4,8,10,13,17H,5-7,9H2,1-2H3. The van der Waals surface area contributed by atoms with Gasteiger partial charge in [0.05, 0.1) is 0 Å². The molecule has 1 aliphatic heterocycles. The van der Waals surface area contributed by atoms with Crippen LogP contribution in [-0.4, -0.2) is 37.1 Å². The first kappa shape index (κ1) is 14.1. The average molecular weight is 287 g/mol. The SMILES string of the molecule is CC1CC(NCCc2ccc(Cl)cc2Cl)CN1C. The molecule has 1 aromatic carbocycles. The quantitative estimate of drug-likeness (QED) is 0.914. The molecule has 2 unspecified atom stereocenters. The molecule has 2 rings (SSSR count). The topological polar surface area (TPSA) is 15.3 Å². The van der Waals surface area contributed by atoms with Crippen LogP contribution in [-0.2, 0) is 6.42 Å². The van der Waals surface area contributed by atoms with Crippen LogP contribution >= 0.6 is 23.2 Å². The van der Waals surface area contributed by atoms with Crippen LogP contribution in [0, 0.1) is 0 Å². The van der Waals surface area contributed by atoms with Crippen LogP contribution in [0.3, 0.4) is 0 Å². The zero-order valence-electron chi connectivity index (χ0n) is 10.9. The number of benzene rings is 1. The summed E-state index contributed by atoms with van der Waals surface area (Å²) in [6.07, 6.45) is 2.18. The zero-order chi connectivity index (χ0) is 13.1. The fraction of sp³-hybridized carbons (Fsp3) is 0.571. The lowest BCUT2D eigenvalue weighted by molar-refractivity contribution is 0.327. The normalized spacial score (nSPS) is 24.7. The van der Waals surface area contributed by atoms with Crippen LogP contribution < -0.4 is 5.32 Å². The maximum absolute atomic E-state index is 6.15. The van der Waals surface area contributed by atoms with Crippen molar-refractivity contribution in [1.29, 1.82) is 0 Å². The smallest absolute Gasteiger partial charge is 0.0453 e. The summed E-state index contributed by atoms with van der Waals surface area (Å²) in [6, 6.07) is 7.01. The van der Waals surface area contributed by atoms with Gasteiger partial charge in [0.2, 0.25) is 0 Å². The number of rotatable bonds is 4. The van der Waals surface area contributed by atoms with E-state index in [1.54, 1.807) is 0 Å². The summed E-state index contributed by atoms with van der Waals surface area (Å²) in [5, 5.41) is 5.06. The first-order chi connectivity index (χ1) is 8.56. The van der Waals surface area contributed by atoms with Gasteiger partial charge in [0, 0.05) is 28.7 Å². The van der Waals surface area contributed by atoms with Gasteiger partial charge in [0.1, 0.15) is 0 Å². The summed E-state index contributed by atoms with van der Waals surface area (Å²) < 4.78 is 0. The highest BCUT2D eigenvalue weighted by Crippen LogP contribution is 2.21. The Labute approximate surface area is 119 Å². The molecule has 1 fully saturated rings. The van der Waals surface area contributed by atoms with E-state index in [1.165, 1.54) is 6.42 Å². The number of nitrogens with one attached hydrogen (secondary N) is 1. The molecule has 0 aliphatic carbocycles. The van der Waals surface area contributed by atoms with Crippen molar-refractivity contribution >= 4 is 23.2 Å². The van der Waals surface area contributed by atoms with Gasteiger partial charge >= 0.3 is 0 Å². The molecule has 0 bridgehead atoms. The second-order valence-electron chi connectivity index (χ2n) is 5.16. The van der Waals surface area contributed by atoms with E-state index in [2.05, 4.69) is 24.2 Å². The molecule has 1 saturated heterocycles. The Morgan fingerprint density at radius 3 is 2.78 bits per heavy atom. The van der Waals surface area contributed by atoms with Gasteiger partial charge in [0.15, 0.2) is 0 Å². The fourth-order valence-electron chi connectivity index (χ4n) is 2.48. The van der Waals surface area contributed by atoms with Gasteiger partial charge in [-0.25, -0.2) is 0 Å². The van der Waals surface area contributed by atoms with Gasteiger partial charge in [-0.05, 0) is 51.1 Å². The molecule has 1 aromatic rings. The first-order valence-corrected chi connectivity index (χ1v) is 7.19. The van der Waals surface area contributed by atoms with Crippen LogP contribution in [0.15, 0.2) is 18.2 Å². The molecule has 2 atom stereocenters. The number of halogens is 2. The minimum atomic E-state index is 0.607. The summed E-state index contributed by atoms with van der Waals surface area (Å²) in [5.41, 5.74) is 1.16. The number of hydrogen-bond donors (Lipinski definition) is 1. The third-order valence-electron chi connectivity index (χ3n) is 3.73. The second kappa shape index (κ2) is 6.25. The number of likely N-dealkylation sites (N-methyl/N-ethyl adjacent to an activating group) is 1. The number of nitrogens with zero attached hydrogens (tertiary/aromatic N) is 1. The van der Waals surface area contributed by atoms with E-state index in [4.69, 9.17) is 23.2 Å². The van der Waals surface area contributed by atoms with Gasteiger partial charge in [-0.15, -0.1) is 0 Å². The summed E-state index contributed by atoms with van der Waals surface area (Å²) in [6.45, 7) is 4.37. The van der Waals surface area contributed by atoms with Crippen molar-refractivity contribution in [1.82, 2.24) is 10.2 Å². The van der Waals surface area contributed by atoms with Crippen LogP contribution in [0.4, 0.5) is 0 Å². The Kier molecular flexibility index (Phi) is 4.91. The Morgan fingerprint density at radius 2 is 2.17 bits per heavy atom. The lowest BCUT2D eigenvalue weighted by Gasteiger charge is -2.13. The van der Waals surface area contributed by atoms with E-state index in [9.17, 15) is 0 Å². The van der Waals surface area contributed by atoms with Crippen molar-refractivity contribution in [2.45, 2.75) is 31.8 Å². The summed E-state index contributed by atoms with van der Waals surface area (Å²) in [5.74, 6) is 0. The highest BCUT2D eigenvalue weighted by Gasteiger charge is 2.25. The van der Waals surface area contributed by atoms with Crippen LogP contribution in [0.1, 0.15) is 18.9 Å². The molecular weight excluding hydrogens is 267 g/mol. The second-order valence-corrected chi connectivity index (χ2v) is 6.00. The predicted molar refractivity (Wildman–Crippen MR) is 78.7 cm³/mol. The van der Waals surface area contributed by atoms with E-state index < -0.39 is 0 Å². The maximum atomic E-state index is 6.15. The molecule has 2 nitrogen and oxygen atoms in total.